The number of aromatic nitrogens is 3. The number of nitrogens with one attached hydrogen (secondary N) is 1. The summed E-state index contributed by atoms with van der Waals surface area (Å²) < 4.78 is 1.71. The molecule has 0 fully saturated rings. The Hall–Kier alpha value is -3.11. The Morgan fingerprint density at radius 1 is 1.19 bits per heavy atom. The number of nitrogens with zero attached hydrogens (tertiary/aromatic N) is 4. The second kappa shape index (κ2) is 9.55. The Kier molecular flexibility index (Phi) is 6.61. The van der Waals surface area contributed by atoms with E-state index >= 15 is 0 Å². The lowest BCUT2D eigenvalue weighted by Gasteiger charge is -2.19. The Balaban J connectivity index is 1.54. The van der Waals surface area contributed by atoms with E-state index in [-0.39, 0.29) is 11.9 Å². The van der Waals surface area contributed by atoms with E-state index in [0.29, 0.717) is 17.9 Å². The van der Waals surface area contributed by atoms with Crippen LogP contribution in [0.4, 0.5) is 0 Å². The van der Waals surface area contributed by atoms with E-state index in [0.717, 1.165) is 16.9 Å². The summed E-state index contributed by atoms with van der Waals surface area (Å²) in [5.74, 6) is 1.06. The number of amides is 1. The number of rotatable bonds is 8. The molecule has 0 radical (unpaired) electrons. The third-order valence-electron chi connectivity index (χ3n) is 3.96. The van der Waals surface area contributed by atoms with Crippen molar-refractivity contribution in [3.8, 4) is 6.07 Å². The zero-order valence-electron chi connectivity index (χ0n) is 14.7. The molecule has 0 aliphatic carbocycles. The van der Waals surface area contributed by atoms with E-state index in [9.17, 15) is 4.79 Å². The molecule has 0 saturated heterocycles. The van der Waals surface area contributed by atoms with Gasteiger partial charge in [0.2, 0.25) is 5.91 Å². The molecule has 0 aliphatic rings. The number of carbonyl (C=O) groups excluding carboxylic acids is 1. The van der Waals surface area contributed by atoms with Crippen LogP contribution in [-0.2, 0) is 17.1 Å². The standard InChI is InChI=1S/C20H19N5OS/c21-10-16-6-8-17(9-7-16)12-27-13-20(26)24-19(11-25-15-22-14-23-25)18-4-2-1-3-5-18/h1-9,14-15,19H,11-13H2,(H,24,26). The maximum atomic E-state index is 12.4. The Morgan fingerprint density at radius 2 is 1.96 bits per heavy atom. The summed E-state index contributed by atoms with van der Waals surface area (Å²) in [5.41, 5.74) is 2.76. The van der Waals surface area contributed by atoms with E-state index in [1.165, 1.54) is 6.33 Å². The maximum Gasteiger partial charge on any atom is 0.230 e. The van der Waals surface area contributed by atoms with Crippen LogP contribution in [-0.4, -0.2) is 26.4 Å². The maximum absolute atomic E-state index is 12.4. The first-order valence-corrected chi connectivity index (χ1v) is 9.63. The first-order chi connectivity index (χ1) is 13.2. The molecule has 1 aromatic heterocycles. The van der Waals surface area contributed by atoms with Crippen molar-refractivity contribution in [3.63, 3.8) is 0 Å². The molecule has 3 rings (SSSR count). The molecule has 27 heavy (non-hydrogen) atoms. The molecule has 1 unspecified atom stereocenters. The average molecular weight is 377 g/mol. The van der Waals surface area contributed by atoms with Crippen molar-refractivity contribution in [2.24, 2.45) is 0 Å². The SMILES string of the molecule is N#Cc1ccc(CSCC(=O)NC(Cn2cncn2)c2ccccc2)cc1. The van der Waals surface area contributed by atoms with E-state index in [1.54, 1.807) is 34.9 Å². The summed E-state index contributed by atoms with van der Waals surface area (Å²) in [6.07, 6.45) is 3.12. The molecule has 0 aliphatic heterocycles. The van der Waals surface area contributed by atoms with Gasteiger partial charge in [0.1, 0.15) is 12.7 Å². The minimum atomic E-state index is -0.170. The lowest BCUT2D eigenvalue weighted by atomic mass is 10.1. The lowest BCUT2D eigenvalue weighted by Crippen LogP contribution is -2.32. The molecule has 136 valence electrons. The number of benzene rings is 2. The third kappa shape index (κ3) is 5.69. The predicted molar refractivity (Wildman–Crippen MR) is 105 cm³/mol. The van der Waals surface area contributed by atoms with Gasteiger partial charge < -0.3 is 5.32 Å². The van der Waals surface area contributed by atoms with Crippen LogP contribution in [0.15, 0.2) is 67.3 Å². The van der Waals surface area contributed by atoms with Gasteiger partial charge in [0.25, 0.3) is 0 Å². The highest BCUT2D eigenvalue weighted by Crippen LogP contribution is 2.16. The summed E-state index contributed by atoms with van der Waals surface area (Å²) in [6.45, 7) is 0.524. The van der Waals surface area contributed by atoms with Gasteiger partial charge in [-0.15, -0.1) is 11.8 Å². The van der Waals surface area contributed by atoms with Gasteiger partial charge in [0.05, 0.1) is 30.0 Å². The Bertz CT molecular complexity index is 888. The second-order valence-electron chi connectivity index (χ2n) is 5.95. The first-order valence-electron chi connectivity index (χ1n) is 8.48. The highest BCUT2D eigenvalue weighted by molar-refractivity contribution is 7.99. The van der Waals surface area contributed by atoms with Crippen molar-refractivity contribution in [2.45, 2.75) is 18.3 Å². The minimum absolute atomic E-state index is 0.0254. The fourth-order valence-electron chi connectivity index (χ4n) is 2.61. The normalized spacial score (nSPS) is 11.5. The minimum Gasteiger partial charge on any atom is -0.347 e. The summed E-state index contributed by atoms with van der Waals surface area (Å²) >= 11 is 1.54. The van der Waals surface area contributed by atoms with E-state index < -0.39 is 0 Å². The van der Waals surface area contributed by atoms with Crippen molar-refractivity contribution >= 4 is 17.7 Å². The quantitative estimate of drug-likeness (QED) is 0.652. The van der Waals surface area contributed by atoms with Crippen LogP contribution in [0.2, 0.25) is 0 Å². The third-order valence-corrected chi connectivity index (χ3v) is 4.96. The van der Waals surface area contributed by atoms with E-state index in [1.807, 2.05) is 42.5 Å². The van der Waals surface area contributed by atoms with Gasteiger partial charge in [-0.3, -0.25) is 9.48 Å². The zero-order chi connectivity index (χ0) is 18.9. The number of thioether (sulfide) groups is 1. The summed E-state index contributed by atoms with van der Waals surface area (Å²) in [4.78, 5) is 16.4. The topological polar surface area (TPSA) is 83.6 Å². The van der Waals surface area contributed by atoms with E-state index in [4.69, 9.17) is 5.26 Å². The molecule has 1 atom stereocenters. The summed E-state index contributed by atoms with van der Waals surface area (Å²) in [6, 6.07) is 19.2. The smallest absolute Gasteiger partial charge is 0.230 e. The molecule has 6 nitrogen and oxygen atoms in total. The molecule has 7 heteroatoms. The van der Waals surface area contributed by atoms with Gasteiger partial charge in [-0.1, -0.05) is 42.5 Å². The number of nitriles is 1. The van der Waals surface area contributed by atoms with Gasteiger partial charge in [0, 0.05) is 5.75 Å². The zero-order valence-corrected chi connectivity index (χ0v) is 15.5. The van der Waals surface area contributed by atoms with Gasteiger partial charge >= 0.3 is 0 Å². The monoisotopic (exact) mass is 377 g/mol. The molecule has 1 heterocycles. The summed E-state index contributed by atoms with van der Waals surface area (Å²) in [7, 11) is 0. The highest BCUT2D eigenvalue weighted by atomic mass is 32.2. The fraction of sp³-hybridized carbons (Fsp3) is 0.200. The van der Waals surface area contributed by atoms with Crippen molar-refractivity contribution in [1.82, 2.24) is 20.1 Å². The second-order valence-corrected chi connectivity index (χ2v) is 6.94. The van der Waals surface area contributed by atoms with Crippen molar-refractivity contribution in [3.05, 3.63) is 83.9 Å². The van der Waals surface area contributed by atoms with Crippen molar-refractivity contribution in [2.75, 3.05) is 5.75 Å². The lowest BCUT2D eigenvalue weighted by molar-refractivity contribution is -0.119. The molecular formula is C20H19N5OS. The largest absolute Gasteiger partial charge is 0.347 e. The highest BCUT2D eigenvalue weighted by Gasteiger charge is 2.15. The Labute approximate surface area is 162 Å². The van der Waals surface area contributed by atoms with Crippen LogP contribution in [0, 0.1) is 11.3 Å². The molecular weight excluding hydrogens is 358 g/mol. The van der Waals surface area contributed by atoms with Gasteiger partial charge in [-0.25, -0.2) is 4.98 Å². The molecule has 0 bridgehead atoms. The van der Waals surface area contributed by atoms with Crippen LogP contribution in [0.25, 0.3) is 0 Å². The van der Waals surface area contributed by atoms with Crippen LogP contribution < -0.4 is 5.32 Å². The average Bonchev–Trinajstić information content (AvgIpc) is 3.22. The fourth-order valence-corrected chi connectivity index (χ4v) is 3.41. The predicted octanol–water partition coefficient (Wildman–Crippen LogP) is 2.94. The number of hydrogen-bond donors (Lipinski definition) is 1. The number of carbonyl (C=O) groups is 1. The Morgan fingerprint density at radius 3 is 2.63 bits per heavy atom. The van der Waals surface area contributed by atoms with Crippen LogP contribution in [0.3, 0.4) is 0 Å². The number of hydrogen-bond acceptors (Lipinski definition) is 5. The first kappa shape index (κ1) is 18.7. The van der Waals surface area contributed by atoms with Gasteiger partial charge in [-0.05, 0) is 23.3 Å². The van der Waals surface area contributed by atoms with Crippen molar-refractivity contribution in [1.29, 1.82) is 5.26 Å². The van der Waals surface area contributed by atoms with Gasteiger partial charge in [0.15, 0.2) is 0 Å². The molecule has 0 saturated carbocycles. The summed E-state index contributed by atoms with van der Waals surface area (Å²) in [5, 5.41) is 16.0. The van der Waals surface area contributed by atoms with Crippen molar-refractivity contribution < 1.29 is 4.79 Å². The molecule has 0 spiro atoms. The molecule has 1 N–H and O–H groups in total. The van der Waals surface area contributed by atoms with Crippen LogP contribution in [0.1, 0.15) is 22.7 Å². The molecule has 2 aromatic carbocycles. The van der Waals surface area contributed by atoms with E-state index in [2.05, 4.69) is 21.5 Å². The van der Waals surface area contributed by atoms with Crippen LogP contribution in [0.5, 0.6) is 0 Å². The van der Waals surface area contributed by atoms with Gasteiger partial charge in [-0.2, -0.15) is 10.4 Å². The van der Waals surface area contributed by atoms with Crippen LogP contribution >= 0.6 is 11.8 Å². The molecule has 1 amide bonds. The molecule has 3 aromatic rings.